The van der Waals surface area contributed by atoms with Gasteiger partial charge in [0.2, 0.25) is 5.91 Å². The maximum atomic E-state index is 12.3. The van der Waals surface area contributed by atoms with Gasteiger partial charge in [0.05, 0.1) is 0 Å². The lowest BCUT2D eigenvalue weighted by Gasteiger charge is -2.09. The molecule has 0 unspecified atom stereocenters. The molecule has 0 saturated carbocycles. The van der Waals surface area contributed by atoms with Gasteiger partial charge in [-0.15, -0.1) is 0 Å². The molecule has 0 atom stereocenters. The van der Waals surface area contributed by atoms with Gasteiger partial charge in [0.15, 0.2) is 0 Å². The van der Waals surface area contributed by atoms with Crippen LogP contribution in [0.3, 0.4) is 0 Å². The Kier molecular flexibility index (Phi) is 8.89. The van der Waals surface area contributed by atoms with E-state index in [1.54, 1.807) is 30.3 Å². The number of anilines is 1. The maximum Gasteiger partial charge on any atom is 0.269 e. The lowest BCUT2D eigenvalue weighted by atomic mass is 10.1. The van der Waals surface area contributed by atoms with E-state index in [1.807, 2.05) is 25.1 Å². The molecule has 2 aromatic rings. The molecule has 0 aliphatic heterocycles. The standard InChI is InChI=1S/C23H29N3O3/c1-3-4-5-6-7-11-21(27)25-26-23(29)18-12-14-20(15-13-18)24-22(28)19-10-8-9-17(2)16-19/h8-10,12-16H,3-7,11H2,1-2H3,(H,24,28)(H,25,27)(H,26,29). The Morgan fingerprint density at radius 1 is 0.793 bits per heavy atom. The number of benzene rings is 2. The van der Waals surface area contributed by atoms with Crippen LogP contribution in [0.2, 0.25) is 0 Å². The van der Waals surface area contributed by atoms with Crippen LogP contribution >= 0.6 is 0 Å². The van der Waals surface area contributed by atoms with Crippen molar-refractivity contribution in [2.45, 2.75) is 52.4 Å². The molecular weight excluding hydrogens is 366 g/mol. The van der Waals surface area contributed by atoms with Crippen molar-refractivity contribution in [3.05, 3.63) is 65.2 Å². The molecule has 3 N–H and O–H groups in total. The van der Waals surface area contributed by atoms with E-state index in [2.05, 4.69) is 23.1 Å². The Bertz CT molecular complexity index is 832. The average Bonchev–Trinajstić information content (AvgIpc) is 2.72. The number of rotatable bonds is 9. The van der Waals surface area contributed by atoms with Crippen LogP contribution in [0.4, 0.5) is 5.69 Å². The van der Waals surface area contributed by atoms with E-state index in [0.717, 1.165) is 31.2 Å². The van der Waals surface area contributed by atoms with E-state index in [4.69, 9.17) is 0 Å². The Labute approximate surface area is 172 Å². The highest BCUT2D eigenvalue weighted by Gasteiger charge is 2.09. The number of unbranched alkanes of at least 4 members (excludes halogenated alkanes) is 4. The summed E-state index contributed by atoms with van der Waals surface area (Å²) in [6.07, 6.45) is 5.70. The fraction of sp³-hybridized carbons (Fsp3) is 0.348. The highest BCUT2D eigenvalue weighted by Crippen LogP contribution is 2.12. The Balaban J connectivity index is 1.78. The van der Waals surface area contributed by atoms with Crippen LogP contribution in [0.15, 0.2) is 48.5 Å². The molecule has 0 aromatic heterocycles. The van der Waals surface area contributed by atoms with Crippen molar-refractivity contribution in [1.82, 2.24) is 10.9 Å². The fourth-order valence-corrected chi connectivity index (χ4v) is 2.84. The molecular formula is C23H29N3O3. The summed E-state index contributed by atoms with van der Waals surface area (Å²) < 4.78 is 0. The second kappa shape index (κ2) is 11.6. The molecule has 0 bridgehead atoms. The fourth-order valence-electron chi connectivity index (χ4n) is 2.84. The van der Waals surface area contributed by atoms with Crippen molar-refractivity contribution in [3.8, 4) is 0 Å². The van der Waals surface area contributed by atoms with Crippen LogP contribution in [-0.4, -0.2) is 17.7 Å². The quantitative estimate of drug-likeness (QED) is 0.435. The second-order valence-electron chi connectivity index (χ2n) is 7.07. The molecule has 2 rings (SSSR count). The number of hydrogen-bond donors (Lipinski definition) is 3. The lowest BCUT2D eigenvalue weighted by Crippen LogP contribution is -2.41. The average molecular weight is 396 g/mol. The van der Waals surface area contributed by atoms with E-state index in [9.17, 15) is 14.4 Å². The topological polar surface area (TPSA) is 87.3 Å². The van der Waals surface area contributed by atoms with E-state index >= 15 is 0 Å². The van der Waals surface area contributed by atoms with Gasteiger partial charge < -0.3 is 5.32 Å². The number of hydrogen-bond acceptors (Lipinski definition) is 3. The molecule has 0 fully saturated rings. The van der Waals surface area contributed by atoms with Crippen molar-refractivity contribution < 1.29 is 14.4 Å². The number of hydrazine groups is 1. The van der Waals surface area contributed by atoms with Crippen LogP contribution in [0.25, 0.3) is 0 Å². The zero-order valence-corrected chi connectivity index (χ0v) is 17.1. The third-order valence-corrected chi connectivity index (χ3v) is 4.51. The van der Waals surface area contributed by atoms with Crippen molar-refractivity contribution in [2.75, 3.05) is 5.32 Å². The molecule has 0 aliphatic carbocycles. The van der Waals surface area contributed by atoms with E-state index in [0.29, 0.717) is 23.2 Å². The van der Waals surface area contributed by atoms with Crippen LogP contribution in [-0.2, 0) is 4.79 Å². The molecule has 154 valence electrons. The molecule has 0 spiro atoms. The number of carbonyl (C=O) groups excluding carboxylic acids is 3. The largest absolute Gasteiger partial charge is 0.322 e. The van der Waals surface area contributed by atoms with Gasteiger partial charge in [0.25, 0.3) is 11.8 Å². The van der Waals surface area contributed by atoms with Crippen LogP contribution in [0, 0.1) is 6.92 Å². The van der Waals surface area contributed by atoms with Crippen molar-refractivity contribution in [3.63, 3.8) is 0 Å². The number of amides is 3. The normalized spacial score (nSPS) is 10.3. The zero-order valence-electron chi connectivity index (χ0n) is 17.1. The first-order valence-electron chi connectivity index (χ1n) is 10.1. The van der Waals surface area contributed by atoms with Crippen LogP contribution in [0.5, 0.6) is 0 Å². The van der Waals surface area contributed by atoms with Crippen LogP contribution < -0.4 is 16.2 Å². The summed E-state index contributed by atoms with van der Waals surface area (Å²) in [6.45, 7) is 4.07. The maximum absolute atomic E-state index is 12.3. The molecule has 29 heavy (non-hydrogen) atoms. The van der Waals surface area contributed by atoms with E-state index in [-0.39, 0.29) is 11.8 Å². The van der Waals surface area contributed by atoms with Gasteiger partial charge in [0.1, 0.15) is 0 Å². The minimum Gasteiger partial charge on any atom is -0.322 e. The number of aryl methyl sites for hydroxylation is 1. The lowest BCUT2D eigenvalue weighted by molar-refractivity contribution is -0.122. The molecule has 3 amide bonds. The SMILES string of the molecule is CCCCCCCC(=O)NNC(=O)c1ccc(NC(=O)c2cccc(C)c2)cc1. The first kappa shape index (κ1) is 22.1. The van der Waals surface area contributed by atoms with Gasteiger partial charge in [-0.1, -0.05) is 50.3 Å². The predicted molar refractivity (Wildman–Crippen MR) is 115 cm³/mol. The molecule has 0 aliphatic rings. The Morgan fingerprint density at radius 3 is 2.21 bits per heavy atom. The van der Waals surface area contributed by atoms with Crippen molar-refractivity contribution >= 4 is 23.4 Å². The minimum absolute atomic E-state index is 0.197. The van der Waals surface area contributed by atoms with Crippen LogP contribution in [0.1, 0.15) is 71.7 Å². The zero-order chi connectivity index (χ0) is 21.1. The predicted octanol–water partition coefficient (Wildman–Crippen LogP) is 4.37. The molecule has 6 nitrogen and oxygen atoms in total. The van der Waals surface area contributed by atoms with Crippen molar-refractivity contribution in [2.24, 2.45) is 0 Å². The highest BCUT2D eigenvalue weighted by molar-refractivity contribution is 6.04. The summed E-state index contributed by atoms with van der Waals surface area (Å²) in [5, 5.41) is 2.80. The summed E-state index contributed by atoms with van der Waals surface area (Å²) in [6, 6.07) is 13.8. The Hall–Kier alpha value is -3.15. The third kappa shape index (κ3) is 7.78. The van der Waals surface area contributed by atoms with E-state index in [1.165, 1.54) is 6.42 Å². The summed E-state index contributed by atoms with van der Waals surface area (Å²) in [4.78, 5) is 36.2. The number of nitrogens with one attached hydrogen (secondary N) is 3. The highest BCUT2D eigenvalue weighted by atomic mass is 16.2. The van der Waals surface area contributed by atoms with Gasteiger partial charge in [-0.25, -0.2) is 0 Å². The number of carbonyl (C=O) groups is 3. The van der Waals surface area contributed by atoms with Crippen molar-refractivity contribution in [1.29, 1.82) is 0 Å². The Morgan fingerprint density at radius 2 is 1.52 bits per heavy atom. The first-order chi connectivity index (χ1) is 14.0. The van der Waals surface area contributed by atoms with Gasteiger partial charge >= 0.3 is 0 Å². The molecule has 6 heteroatoms. The van der Waals surface area contributed by atoms with E-state index < -0.39 is 5.91 Å². The summed E-state index contributed by atoms with van der Waals surface area (Å²) in [5.74, 6) is -0.810. The first-order valence-corrected chi connectivity index (χ1v) is 10.1. The summed E-state index contributed by atoms with van der Waals surface area (Å²) in [5.41, 5.74) is 7.41. The summed E-state index contributed by atoms with van der Waals surface area (Å²) >= 11 is 0. The smallest absolute Gasteiger partial charge is 0.269 e. The molecule has 0 radical (unpaired) electrons. The van der Waals surface area contributed by atoms with Gasteiger partial charge in [-0.3, -0.25) is 25.2 Å². The third-order valence-electron chi connectivity index (χ3n) is 4.51. The second-order valence-corrected chi connectivity index (χ2v) is 7.07. The minimum atomic E-state index is -0.402. The summed E-state index contributed by atoms with van der Waals surface area (Å²) in [7, 11) is 0. The monoisotopic (exact) mass is 395 g/mol. The molecule has 2 aromatic carbocycles. The van der Waals surface area contributed by atoms with Gasteiger partial charge in [-0.05, 0) is 49.7 Å². The van der Waals surface area contributed by atoms with Gasteiger partial charge in [0, 0.05) is 23.2 Å². The molecule has 0 saturated heterocycles. The molecule has 0 heterocycles. The van der Waals surface area contributed by atoms with Gasteiger partial charge in [-0.2, -0.15) is 0 Å².